The molecular weight excluding hydrogens is 787 g/mol. The van der Waals surface area contributed by atoms with Crippen LogP contribution in [-0.2, 0) is 14.2 Å². The first-order valence-corrected chi connectivity index (χ1v) is 18.0. The number of hydrogen-bond donors (Lipinski definition) is 0. The van der Waals surface area contributed by atoms with E-state index in [1.807, 2.05) is 0 Å². The molecule has 60 heavy (non-hydrogen) atoms. The molecule has 0 aliphatic rings. The summed E-state index contributed by atoms with van der Waals surface area (Å²) < 4.78 is 111. The maximum Gasteiger partial charge on any atom is 0.337 e. The van der Waals surface area contributed by atoms with Gasteiger partial charge in [-0.05, 0) is 88.0 Å². The van der Waals surface area contributed by atoms with E-state index in [0.29, 0.717) is 0 Å². The van der Waals surface area contributed by atoms with Crippen molar-refractivity contribution in [3.05, 3.63) is 179 Å². The number of carbonyl (C=O) groups is 3. The second kappa shape index (κ2) is 16.8. The van der Waals surface area contributed by atoms with Crippen molar-refractivity contribution in [2.45, 2.75) is 0 Å². The lowest BCUT2D eigenvalue weighted by Crippen LogP contribution is -2.07. The van der Waals surface area contributed by atoms with E-state index in [0.717, 1.165) is 18.2 Å². The first-order valence-electron chi connectivity index (χ1n) is 18.0. The molecule has 0 aliphatic heterocycles. The van der Waals surface area contributed by atoms with Crippen molar-refractivity contribution < 1.29 is 54.9 Å². The van der Waals surface area contributed by atoms with Crippen LogP contribution in [0.2, 0.25) is 0 Å². The fourth-order valence-corrected chi connectivity index (χ4v) is 7.19. The Morgan fingerprint density at radius 1 is 0.333 bits per heavy atom. The Morgan fingerprint density at radius 2 is 0.567 bits per heavy atom. The minimum absolute atomic E-state index is 0.0694. The van der Waals surface area contributed by atoms with Crippen LogP contribution in [0.15, 0.2) is 127 Å². The number of rotatable bonds is 9. The number of carbonyl (C=O) groups excluding carboxylic acids is 3. The van der Waals surface area contributed by atoms with Crippen LogP contribution in [0, 0.1) is 34.9 Å². The molecule has 0 N–H and O–H groups in total. The third kappa shape index (κ3) is 7.28. The van der Waals surface area contributed by atoms with Gasteiger partial charge >= 0.3 is 17.9 Å². The molecule has 7 aromatic rings. The van der Waals surface area contributed by atoms with E-state index in [1.54, 1.807) is 0 Å². The highest BCUT2D eigenvalue weighted by atomic mass is 19.2. The number of halogens is 6. The Bertz CT molecular complexity index is 2490. The monoisotopic (exact) mass is 816 g/mol. The summed E-state index contributed by atoms with van der Waals surface area (Å²) in [5, 5.41) is 0. The summed E-state index contributed by atoms with van der Waals surface area (Å²) in [7, 11) is 3.52. The zero-order valence-corrected chi connectivity index (χ0v) is 31.8. The topological polar surface area (TPSA) is 78.9 Å². The van der Waals surface area contributed by atoms with Gasteiger partial charge in [-0.25, -0.2) is 40.7 Å². The van der Waals surface area contributed by atoms with Crippen molar-refractivity contribution >= 4 is 17.9 Å². The van der Waals surface area contributed by atoms with E-state index >= 15 is 26.3 Å². The maximum atomic E-state index is 16.6. The fourth-order valence-electron chi connectivity index (χ4n) is 7.19. The Hall–Kier alpha value is -7.47. The summed E-state index contributed by atoms with van der Waals surface area (Å²) in [6, 6.07) is 26.7. The average molecular weight is 817 g/mol. The van der Waals surface area contributed by atoms with Gasteiger partial charge in [0.05, 0.1) is 38.0 Å². The Labute approximate surface area is 339 Å². The van der Waals surface area contributed by atoms with Crippen LogP contribution >= 0.6 is 0 Å². The van der Waals surface area contributed by atoms with Crippen molar-refractivity contribution in [3.63, 3.8) is 0 Å². The predicted molar refractivity (Wildman–Crippen MR) is 213 cm³/mol. The molecule has 0 spiro atoms. The highest BCUT2D eigenvalue weighted by Crippen LogP contribution is 2.57. The van der Waals surface area contributed by atoms with Gasteiger partial charge in [0, 0.05) is 33.4 Å². The van der Waals surface area contributed by atoms with Gasteiger partial charge in [-0.1, -0.05) is 72.8 Å². The molecule has 0 aliphatic carbocycles. The molecule has 0 bridgehead atoms. The second-order valence-corrected chi connectivity index (χ2v) is 13.3. The summed E-state index contributed by atoms with van der Waals surface area (Å²) in [6.45, 7) is 0. The number of esters is 3. The standard InChI is InChI=1S/C48H30F6O6/c1-58-46(55)28-19-13-25(14-20-28)37-40(31-7-4-10-34(49)43(31)52)38(26-15-21-29(22-16-26)47(56)59-2)42(33-9-6-12-36(51)45(33)54)39(27-17-23-30(24-18-27)48(57)60-3)41(37)32-8-5-11-35(50)44(32)53/h4-24H,1-3H3. The number of hydrogen-bond acceptors (Lipinski definition) is 6. The molecule has 300 valence electrons. The van der Waals surface area contributed by atoms with Gasteiger partial charge in [0.15, 0.2) is 34.9 Å². The Kier molecular flexibility index (Phi) is 11.4. The third-order valence-electron chi connectivity index (χ3n) is 9.95. The summed E-state index contributed by atoms with van der Waals surface area (Å²) >= 11 is 0. The first kappa shape index (κ1) is 40.7. The smallest absolute Gasteiger partial charge is 0.337 e. The van der Waals surface area contributed by atoms with Gasteiger partial charge < -0.3 is 14.2 Å². The van der Waals surface area contributed by atoms with E-state index in [2.05, 4.69) is 0 Å². The van der Waals surface area contributed by atoms with Crippen LogP contribution in [0.5, 0.6) is 0 Å². The molecule has 0 saturated carbocycles. The largest absolute Gasteiger partial charge is 0.465 e. The predicted octanol–water partition coefficient (Wildman–Crippen LogP) is 11.9. The molecule has 12 heteroatoms. The normalized spacial score (nSPS) is 10.9. The average Bonchev–Trinajstić information content (AvgIpc) is 3.27. The molecule has 0 saturated heterocycles. The second-order valence-electron chi connectivity index (χ2n) is 13.3. The number of methoxy groups -OCH3 is 3. The summed E-state index contributed by atoms with van der Waals surface area (Å²) in [5.41, 5.74) is -1.43. The van der Waals surface area contributed by atoms with Gasteiger partial charge in [-0.2, -0.15) is 0 Å². The summed E-state index contributed by atoms with van der Waals surface area (Å²) in [4.78, 5) is 37.8. The molecule has 0 unspecified atom stereocenters. The van der Waals surface area contributed by atoms with Gasteiger partial charge in [0.1, 0.15) is 0 Å². The lowest BCUT2D eigenvalue weighted by molar-refractivity contribution is 0.0592. The zero-order chi connectivity index (χ0) is 42.8. The van der Waals surface area contributed by atoms with Crippen molar-refractivity contribution in [3.8, 4) is 66.8 Å². The SMILES string of the molecule is COC(=O)c1ccc(-c2c(-c3cccc(F)c3F)c(-c3ccc(C(=O)OC)cc3)c(-c3cccc(F)c3F)c(-c3ccc(C(=O)OC)cc3)c2-c2cccc(F)c2F)cc1. The Morgan fingerprint density at radius 3 is 0.783 bits per heavy atom. The summed E-state index contributed by atoms with van der Waals surface area (Å²) in [5.74, 6) is -10.2. The van der Waals surface area contributed by atoms with Crippen LogP contribution in [0.4, 0.5) is 26.3 Å². The quantitative estimate of drug-likeness (QED) is 0.0820. The molecule has 0 heterocycles. The molecule has 7 rings (SSSR count). The van der Waals surface area contributed by atoms with Crippen LogP contribution in [0.3, 0.4) is 0 Å². The van der Waals surface area contributed by atoms with Gasteiger partial charge in [-0.3, -0.25) is 0 Å². The van der Waals surface area contributed by atoms with E-state index in [1.165, 1.54) is 131 Å². The molecule has 0 amide bonds. The minimum atomic E-state index is -1.39. The lowest BCUT2D eigenvalue weighted by Gasteiger charge is -2.29. The number of benzene rings is 7. The molecule has 0 atom stereocenters. The van der Waals surface area contributed by atoms with Crippen LogP contribution in [-0.4, -0.2) is 39.2 Å². The van der Waals surface area contributed by atoms with Crippen LogP contribution in [0.25, 0.3) is 66.8 Å². The molecule has 7 aromatic carbocycles. The van der Waals surface area contributed by atoms with Crippen molar-refractivity contribution in [2.75, 3.05) is 21.3 Å². The molecule has 0 fully saturated rings. The molecule has 0 radical (unpaired) electrons. The summed E-state index contributed by atoms with van der Waals surface area (Å²) in [6.07, 6.45) is 0. The third-order valence-corrected chi connectivity index (χ3v) is 9.95. The van der Waals surface area contributed by atoms with Gasteiger partial charge in [-0.15, -0.1) is 0 Å². The van der Waals surface area contributed by atoms with Crippen molar-refractivity contribution in [1.82, 2.24) is 0 Å². The zero-order valence-electron chi connectivity index (χ0n) is 31.8. The fraction of sp³-hybridized carbons (Fsp3) is 0.0625. The van der Waals surface area contributed by atoms with Crippen LogP contribution in [0.1, 0.15) is 31.1 Å². The van der Waals surface area contributed by atoms with E-state index in [-0.39, 0.29) is 66.8 Å². The molecular formula is C48H30F6O6. The maximum absolute atomic E-state index is 16.6. The first-order chi connectivity index (χ1) is 28.9. The van der Waals surface area contributed by atoms with E-state index in [4.69, 9.17) is 14.2 Å². The molecule has 0 aromatic heterocycles. The number of ether oxygens (including phenoxy) is 3. The molecule has 6 nitrogen and oxygen atoms in total. The lowest BCUT2D eigenvalue weighted by atomic mass is 9.73. The van der Waals surface area contributed by atoms with Crippen molar-refractivity contribution in [2.24, 2.45) is 0 Å². The van der Waals surface area contributed by atoms with Crippen molar-refractivity contribution in [1.29, 1.82) is 0 Å². The van der Waals surface area contributed by atoms with E-state index in [9.17, 15) is 14.4 Å². The highest BCUT2D eigenvalue weighted by Gasteiger charge is 2.33. The van der Waals surface area contributed by atoms with Gasteiger partial charge in [0.2, 0.25) is 0 Å². The highest BCUT2D eigenvalue weighted by molar-refractivity contribution is 6.15. The van der Waals surface area contributed by atoms with Gasteiger partial charge in [0.25, 0.3) is 0 Å². The van der Waals surface area contributed by atoms with E-state index < -0.39 is 69.5 Å². The minimum Gasteiger partial charge on any atom is -0.465 e. The van der Waals surface area contributed by atoms with Crippen LogP contribution < -0.4 is 0 Å². The Balaban J connectivity index is 1.85.